The van der Waals surface area contributed by atoms with Crippen LogP contribution in [0.15, 0.2) is 109 Å². The van der Waals surface area contributed by atoms with Gasteiger partial charge in [-0.3, -0.25) is 9.59 Å². The second-order valence-corrected chi connectivity index (χ2v) is 17.9. The molecule has 11 heteroatoms. The Bertz CT molecular complexity index is 2550. The average Bonchev–Trinajstić information content (AvgIpc) is 4.14. The van der Waals surface area contributed by atoms with Gasteiger partial charge < -0.3 is 29.8 Å². The summed E-state index contributed by atoms with van der Waals surface area (Å²) in [5.74, 6) is 2.34. The molecule has 62 heavy (non-hydrogen) atoms. The number of H-pyrrole nitrogens is 2. The number of ether oxygens (including phenoxy) is 1. The summed E-state index contributed by atoms with van der Waals surface area (Å²) >= 11 is 0. The maximum atomic E-state index is 14.6. The first-order valence-electron chi connectivity index (χ1n) is 22.6. The van der Waals surface area contributed by atoms with E-state index in [0.717, 1.165) is 108 Å². The van der Waals surface area contributed by atoms with Gasteiger partial charge in [-0.2, -0.15) is 0 Å². The Morgan fingerprint density at radius 1 is 0.677 bits per heavy atom. The first-order valence-corrected chi connectivity index (χ1v) is 22.6. The van der Waals surface area contributed by atoms with E-state index in [-0.39, 0.29) is 41.9 Å². The zero-order valence-electron chi connectivity index (χ0n) is 35.5. The molecular formula is C51H55N7O4. The number of aromatic nitrogens is 4. The lowest BCUT2D eigenvalue weighted by Gasteiger charge is -2.36. The van der Waals surface area contributed by atoms with Crippen LogP contribution in [-0.4, -0.2) is 66.8 Å². The molecule has 0 spiro atoms. The fraction of sp³-hybridized carbons (Fsp3) is 0.392. The molecular weight excluding hydrogens is 775 g/mol. The maximum Gasteiger partial charge on any atom is 0.407 e. The van der Waals surface area contributed by atoms with E-state index in [2.05, 4.69) is 74.8 Å². The number of methoxy groups -OCH3 is 1. The molecule has 2 aliphatic heterocycles. The van der Waals surface area contributed by atoms with Crippen molar-refractivity contribution in [3.05, 3.63) is 132 Å². The summed E-state index contributed by atoms with van der Waals surface area (Å²) in [6, 6.07) is 33.5. The van der Waals surface area contributed by atoms with E-state index in [1.54, 1.807) is 0 Å². The summed E-state index contributed by atoms with van der Waals surface area (Å²) in [7, 11) is 1.31. The Hall–Kier alpha value is -6.23. The molecule has 4 fully saturated rings. The van der Waals surface area contributed by atoms with Crippen molar-refractivity contribution >= 4 is 28.9 Å². The van der Waals surface area contributed by atoms with E-state index in [4.69, 9.17) is 14.7 Å². The molecule has 10 rings (SSSR count). The highest BCUT2D eigenvalue weighted by Gasteiger charge is 2.49. The van der Waals surface area contributed by atoms with Gasteiger partial charge in [0.25, 0.3) is 5.91 Å². The van der Waals surface area contributed by atoms with Gasteiger partial charge >= 0.3 is 6.09 Å². The number of carbonyl (C=O) groups is 3. The molecule has 3 N–H and O–H groups in total. The Morgan fingerprint density at radius 2 is 1.26 bits per heavy atom. The van der Waals surface area contributed by atoms with Crippen LogP contribution in [0, 0.1) is 11.8 Å². The minimum absolute atomic E-state index is 0.0727. The molecule has 0 bridgehead atoms. The van der Waals surface area contributed by atoms with Crippen LogP contribution < -0.4 is 5.32 Å². The number of hydrogen-bond donors (Lipinski definition) is 3. The van der Waals surface area contributed by atoms with E-state index in [9.17, 15) is 14.4 Å². The van der Waals surface area contributed by atoms with Crippen molar-refractivity contribution < 1.29 is 19.1 Å². The zero-order valence-corrected chi connectivity index (χ0v) is 35.5. The molecule has 0 unspecified atom stereocenters. The summed E-state index contributed by atoms with van der Waals surface area (Å²) < 4.78 is 4.95. The molecule has 2 aliphatic carbocycles. The van der Waals surface area contributed by atoms with Crippen LogP contribution in [0.25, 0.3) is 33.4 Å². The summed E-state index contributed by atoms with van der Waals surface area (Å²) in [5.41, 5.74) is 7.67. The Balaban J connectivity index is 0.886. The van der Waals surface area contributed by atoms with E-state index >= 15 is 0 Å². The van der Waals surface area contributed by atoms with Gasteiger partial charge in [-0.15, -0.1) is 0 Å². The third-order valence-electron chi connectivity index (χ3n) is 14.4. The first kappa shape index (κ1) is 39.9. The van der Waals surface area contributed by atoms with E-state index < -0.39 is 12.1 Å². The lowest BCUT2D eigenvalue weighted by atomic mass is 9.84. The highest BCUT2D eigenvalue weighted by molar-refractivity contribution is 5.88. The van der Waals surface area contributed by atoms with Crippen molar-refractivity contribution in [3.63, 3.8) is 0 Å². The predicted octanol–water partition coefficient (Wildman–Crippen LogP) is 10.2. The van der Waals surface area contributed by atoms with Crippen LogP contribution >= 0.6 is 0 Å². The number of hydrogen-bond acceptors (Lipinski definition) is 6. The van der Waals surface area contributed by atoms with Gasteiger partial charge in [0.2, 0.25) is 5.91 Å². The molecule has 2 saturated heterocycles. The number of imidazole rings is 2. The second kappa shape index (κ2) is 16.9. The predicted molar refractivity (Wildman–Crippen MR) is 239 cm³/mol. The first-order chi connectivity index (χ1) is 30.3. The van der Waals surface area contributed by atoms with Gasteiger partial charge in [-0.25, -0.2) is 14.8 Å². The standard InChI is InChI=1S/C51H55N7O4/c1-31(32-13-5-3-6-14-32)49(59)57-42-19-11-9-18-38(42)29-45(57)48-53-39-26-25-36(27-40(39)54-48)33-21-23-34(24-22-33)41-30-52-47(55-41)44-28-37-17-10-12-20-43(37)58(44)50(60)46(56-51(61)62-2)35-15-7-4-8-16-35/h3-8,13-16,21-27,30-31,37-38,42-46H,9-12,17-20,28-29H2,1-2H3,(H,52,55)(H,53,54)(H,56,61)/t31-,37+,38+,42+,43+,44+,45+,46-/m1/s1. The molecule has 318 valence electrons. The highest BCUT2D eigenvalue weighted by atomic mass is 16.5. The van der Waals surface area contributed by atoms with Crippen LogP contribution in [0.5, 0.6) is 0 Å². The lowest BCUT2D eigenvalue weighted by Crippen LogP contribution is -2.47. The second-order valence-electron chi connectivity index (χ2n) is 17.9. The molecule has 2 saturated carbocycles. The normalized spacial score (nSPS) is 24.3. The van der Waals surface area contributed by atoms with E-state index in [1.807, 2.05) is 66.6 Å². The monoisotopic (exact) mass is 829 g/mol. The van der Waals surface area contributed by atoms with Crippen molar-refractivity contribution in [2.75, 3.05) is 7.11 Å². The topological polar surface area (TPSA) is 136 Å². The SMILES string of the molecule is COC(=O)N[C@@H](C(=O)N1[C@H](c2ncc(-c3ccc(-c4ccc5nc([C@@H]6C[C@@H]7CCCC[C@@H]7N6C(=O)[C@H](C)c6ccccc6)[nH]c5c4)cc3)[nH]2)C[C@@H]2CCCC[C@@H]21)c1ccccc1. The van der Waals surface area contributed by atoms with Gasteiger partial charge in [0.15, 0.2) is 0 Å². The molecule has 3 amide bonds. The van der Waals surface area contributed by atoms with Crippen LogP contribution in [-0.2, 0) is 14.3 Å². The van der Waals surface area contributed by atoms with Crippen LogP contribution in [0.1, 0.15) is 118 Å². The molecule has 8 atom stereocenters. The van der Waals surface area contributed by atoms with Crippen molar-refractivity contribution in [2.24, 2.45) is 11.8 Å². The lowest BCUT2D eigenvalue weighted by molar-refractivity contribution is -0.138. The quantitative estimate of drug-likeness (QED) is 0.133. The Labute approximate surface area is 362 Å². The third kappa shape index (κ3) is 7.45. The van der Waals surface area contributed by atoms with Crippen molar-refractivity contribution in [2.45, 2.75) is 107 Å². The number of likely N-dealkylation sites (tertiary alicyclic amines) is 2. The van der Waals surface area contributed by atoms with Gasteiger partial charge in [0, 0.05) is 12.1 Å². The molecule has 4 heterocycles. The summed E-state index contributed by atoms with van der Waals surface area (Å²) in [4.78, 5) is 62.9. The van der Waals surface area contributed by atoms with Crippen molar-refractivity contribution in [1.82, 2.24) is 35.1 Å². The fourth-order valence-corrected chi connectivity index (χ4v) is 11.3. The van der Waals surface area contributed by atoms with Crippen LogP contribution in [0.3, 0.4) is 0 Å². The number of fused-ring (bicyclic) bond motifs is 3. The molecule has 4 aromatic carbocycles. The Morgan fingerprint density at radius 3 is 1.92 bits per heavy atom. The number of alkyl carbamates (subject to hydrolysis) is 1. The molecule has 4 aliphatic rings. The molecule has 0 radical (unpaired) electrons. The Kier molecular flexibility index (Phi) is 10.9. The summed E-state index contributed by atoms with van der Waals surface area (Å²) in [6.45, 7) is 2.04. The minimum atomic E-state index is -0.874. The van der Waals surface area contributed by atoms with E-state index in [0.29, 0.717) is 17.4 Å². The van der Waals surface area contributed by atoms with E-state index in [1.165, 1.54) is 13.5 Å². The van der Waals surface area contributed by atoms with Crippen LogP contribution in [0.4, 0.5) is 4.79 Å². The van der Waals surface area contributed by atoms with Gasteiger partial charge in [-0.1, -0.05) is 117 Å². The average molecular weight is 830 g/mol. The third-order valence-corrected chi connectivity index (χ3v) is 14.4. The van der Waals surface area contributed by atoms with Crippen LogP contribution in [0.2, 0.25) is 0 Å². The number of nitrogens with one attached hydrogen (secondary N) is 3. The molecule has 11 nitrogen and oxygen atoms in total. The highest BCUT2D eigenvalue weighted by Crippen LogP contribution is 2.49. The number of nitrogens with zero attached hydrogens (tertiary/aromatic N) is 4. The zero-order chi connectivity index (χ0) is 42.3. The van der Waals surface area contributed by atoms with Crippen molar-refractivity contribution in [1.29, 1.82) is 0 Å². The van der Waals surface area contributed by atoms with Gasteiger partial charge in [-0.05, 0) is 97.2 Å². The largest absolute Gasteiger partial charge is 0.453 e. The molecule has 2 aromatic heterocycles. The maximum absolute atomic E-state index is 14.6. The van der Waals surface area contributed by atoms with Crippen molar-refractivity contribution in [3.8, 4) is 22.4 Å². The number of amides is 3. The number of carbonyl (C=O) groups excluding carboxylic acids is 3. The summed E-state index contributed by atoms with van der Waals surface area (Å²) in [6.07, 6.45) is 11.8. The smallest absolute Gasteiger partial charge is 0.407 e. The minimum Gasteiger partial charge on any atom is -0.453 e. The number of benzene rings is 4. The fourth-order valence-electron chi connectivity index (χ4n) is 11.3. The number of aromatic amines is 2. The number of rotatable bonds is 9. The van der Waals surface area contributed by atoms with Gasteiger partial charge in [0.1, 0.15) is 17.7 Å². The van der Waals surface area contributed by atoms with Gasteiger partial charge in [0.05, 0.1) is 48.0 Å². The summed E-state index contributed by atoms with van der Waals surface area (Å²) in [5, 5.41) is 2.82. The molecule has 6 aromatic rings.